The van der Waals surface area contributed by atoms with Crippen LogP contribution in [0.3, 0.4) is 0 Å². The first kappa shape index (κ1) is 11.6. The van der Waals surface area contributed by atoms with Crippen molar-refractivity contribution >= 4 is 11.5 Å². The van der Waals surface area contributed by atoms with Gasteiger partial charge in [-0.3, -0.25) is 10.1 Å². The smallest absolute Gasteiger partial charge is 0.294 e. The number of hydrogen-bond donors (Lipinski definition) is 1. The van der Waals surface area contributed by atoms with E-state index in [1.54, 1.807) is 12.1 Å². The summed E-state index contributed by atoms with van der Waals surface area (Å²) in [5.41, 5.74) is 7.97. The topological polar surface area (TPSA) is 99.9 Å². The molecule has 0 bridgehead atoms. The van der Waals surface area contributed by atoms with Gasteiger partial charge in [-0.05, 0) is 31.4 Å². The van der Waals surface area contributed by atoms with Crippen molar-refractivity contribution in [3.63, 3.8) is 0 Å². The number of nitrogen functional groups attached to an aromatic ring is 1. The van der Waals surface area contributed by atoms with Gasteiger partial charge in [0.1, 0.15) is 5.69 Å². The highest BCUT2D eigenvalue weighted by molar-refractivity contribution is 5.56. The summed E-state index contributed by atoms with van der Waals surface area (Å²) in [7, 11) is 0. The van der Waals surface area contributed by atoms with E-state index >= 15 is 0 Å². The van der Waals surface area contributed by atoms with Crippen LogP contribution < -0.4 is 5.73 Å². The van der Waals surface area contributed by atoms with Crippen molar-refractivity contribution in [2.24, 2.45) is 0 Å². The molecule has 7 heteroatoms. The van der Waals surface area contributed by atoms with E-state index in [1.165, 1.54) is 10.7 Å². The number of nitro groups is 1. The standard InChI is InChI=1S/C12H13N5O2/c1-7-2-5-9(17(18)19)10(6-7)16-11(8-3-4-8)12(13)14-15-16/h2,5-6,8H,3-4,13H2,1H3. The molecular weight excluding hydrogens is 246 g/mol. The maximum absolute atomic E-state index is 11.1. The molecule has 1 aliphatic rings. The van der Waals surface area contributed by atoms with E-state index in [9.17, 15) is 10.1 Å². The van der Waals surface area contributed by atoms with E-state index in [0.717, 1.165) is 24.1 Å². The first-order chi connectivity index (χ1) is 9.08. The molecule has 1 aromatic heterocycles. The van der Waals surface area contributed by atoms with Gasteiger partial charge in [0.25, 0.3) is 5.69 Å². The molecule has 0 amide bonds. The van der Waals surface area contributed by atoms with Gasteiger partial charge in [-0.1, -0.05) is 11.3 Å². The second kappa shape index (κ2) is 4.04. The molecule has 1 fully saturated rings. The molecule has 2 N–H and O–H groups in total. The summed E-state index contributed by atoms with van der Waals surface area (Å²) in [6.07, 6.45) is 2.05. The monoisotopic (exact) mass is 259 g/mol. The normalized spacial score (nSPS) is 14.6. The molecule has 2 aromatic rings. The lowest BCUT2D eigenvalue weighted by Crippen LogP contribution is -2.06. The Bertz CT molecular complexity index is 660. The molecule has 0 atom stereocenters. The summed E-state index contributed by atoms with van der Waals surface area (Å²) >= 11 is 0. The minimum absolute atomic E-state index is 0.0115. The highest BCUT2D eigenvalue weighted by Crippen LogP contribution is 2.43. The van der Waals surface area contributed by atoms with Crippen LogP contribution in [0, 0.1) is 17.0 Å². The lowest BCUT2D eigenvalue weighted by atomic mass is 10.2. The first-order valence-corrected chi connectivity index (χ1v) is 6.04. The van der Waals surface area contributed by atoms with Crippen molar-refractivity contribution in [3.8, 4) is 5.69 Å². The zero-order valence-electron chi connectivity index (χ0n) is 10.4. The number of aryl methyl sites for hydroxylation is 1. The molecule has 0 unspecified atom stereocenters. The fourth-order valence-corrected chi connectivity index (χ4v) is 2.18. The predicted molar refractivity (Wildman–Crippen MR) is 69.1 cm³/mol. The third-order valence-corrected chi connectivity index (χ3v) is 3.25. The van der Waals surface area contributed by atoms with Gasteiger partial charge in [0.05, 0.1) is 10.6 Å². The molecule has 0 radical (unpaired) electrons. The SMILES string of the molecule is Cc1ccc([N+](=O)[O-])c(-n2nnc(N)c2C2CC2)c1. The lowest BCUT2D eigenvalue weighted by molar-refractivity contribution is -0.384. The van der Waals surface area contributed by atoms with Crippen LogP contribution in [-0.4, -0.2) is 19.9 Å². The van der Waals surface area contributed by atoms with Gasteiger partial charge in [0.2, 0.25) is 0 Å². The molecular formula is C12H13N5O2. The molecule has 0 saturated heterocycles. The van der Waals surface area contributed by atoms with E-state index < -0.39 is 4.92 Å². The van der Waals surface area contributed by atoms with Gasteiger partial charge in [-0.15, -0.1) is 5.10 Å². The highest BCUT2D eigenvalue weighted by Gasteiger charge is 2.32. The number of nitrogens with two attached hydrogens (primary N) is 1. The third kappa shape index (κ3) is 1.92. The average Bonchev–Trinajstić information content (AvgIpc) is 3.12. The van der Waals surface area contributed by atoms with Crippen LogP contribution in [0.4, 0.5) is 11.5 Å². The van der Waals surface area contributed by atoms with Crippen LogP contribution in [-0.2, 0) is 0 Å². The summed E-state index contributed by atoms with van der Waals surface area (Å²) in [5, 5.41) is 18.9. The van der Waals surface area contributed by atoms with Gasteiger partial charge in [-0.25, -0.2) is 4.68 Å². The fraction of sp³-hybridized carbons (Fsp3) is 0.333. The van der Waals surface area contributed by atoms with E-state index in [0.29, 0.717) is 17.4 Å². The summed E-state index contributed by atoms with van der Waals surface area (Å²) in [6.45, 7) is 1.88. The number of hydrogen-bond acceptors (Lipinski definition) is 5. The fourth-order valence-electron chi connectivity index (χ4n) is 2.18. The molecule has 1 heterocycles. The molecule has 0 spiro atoms. The van der Waals surface area contributed by atoms with Crippen LogP contribution in [0.1, 0.15) is 30.0 Å². The Morgan fingerprint density at radius 3 is 2.84 bits per heavy atom. The van der Waals surface area contributed by atoms with Crippen molar-refractivity contribution in [1.82, 2.24) is 15.0 Å². The van der Waals surface area contributed by atoms with Crippen molar-refractivity contribution < 1.29 is 4.92 Å². The third-order valence-electron chi connectivity index (χ3n) is 3.25. The minimum atomic E-state index is -0.413. The van der Waals surface area contributed by atoms with Crippen molar-refractivity contribution in [3.05, 3.63) is 39.6 Å². The molecule has 1 saturated carbocycles. The van der Waals surface area contributed by atoms with Crippen molar-refractivity contribution in [1.29, 1.82) is 0 Å². The van der Waals surface area contributed by atoms with Crippen LogP contribution in [0.15, 0.2) is 18.2 Å². The summed E-state index contributed by atoms with van der Waals surface area (Å²) in [4.78, 5) is 10.7. The van der Waals surface area contributed by atoms with E-state index in [4.69, 9.17) is 5.73 Å². The molecule has 7 nitrogen and oxygen atoms in total. The van der Waals surface area contributed by atoms with Crippen molar-refractivity contribution in [2.45, 2.75) is 25.7 Å². The number of anilines is 1. The van der Waals surface area contributed by atoms with Crippen LogP contribution in [0.25, 0.3) is 5.69 Å². The van der Waals surface area contributed by atoms with Gasteiger partial charge in [-0.2, -0.15) is 0 Å². The maximum Gasteiger partial charge on any atom is 0.294 e. The predicted octanol–water partition coefficient (Wildman–Crippen LogP) is 1.94. The van der Waals surface area contributed by atoms with Crippen LogP contribution in [0.5, 0.6) is 0 Å². The Labute approximate surface area is 109 Å². The van der Waals surface area contributed by atoms with Gasteiger partial charge in [0, 0.05) is 12.0 Å². The lowest BCUT2D eigenvalue weighted by Gasteiger charge is -2.07. The van der Waals surface area contributed by atoms with E-state index in [2.05, 4.69) is 10.3 Å². The summed E-state index contributed by atoms with van der Waals surface area (Å²) in [6, 6.07) is 4.93. The Balaban J connectivity index is 2.21. The number of rotatable bonds is 3. The van der Waals surface area contributed by atoms with Gasteiger partial charge >= 0.3 is 0 Å². The quantitative estimate of drug-likeness (QED) is 0.670. The van der Waals surface area contributed by atoms with Crippen LogP contribution >= 0.6 is 0 Å². The average molecular weight is 259 g/mol. The van der Waals surface area contributed by atoms with Crippen LogP contribution in [0.2, 0.25) is 0 Å². The van der Waals surface area contributed by atoms with E-state index in [1.807, 2.05) is 6.92 Å². The Kier molecular flexibility index (Phi) is 2.48. The zero-order valence-corrected chi connectivity index (χ0v) is 10.4. The highest BCUT2D eigenvalue weighted by atomic mass is 16.6. The first-order valence-electron chi connectivity index (χ1n) is 6.04. The van der Waals surface area contributed by atoms with Gasteiger partial charge < -0.3 is 5.73 Å². The Morgan fingerprint density at radius 2 is 2.21 bits per heavy atom. The summed E-state index contributed by atoms with van der Waals surface area (Å²) in [5.74, 6) is 0.674. The molecule has 98 valence electrons. The molecule has 1 aromatic carbocycles. The number of nitrogens with zero attached hydrogens (tertiary/aromatic N) is 4. The number of benzene rings is 1. The number of nitro benzene ring substituents is 1. The maximum atomic E-state index is 11.1. The molecule has 3 rings (SSSR count). The zero-order chi connectivity index (χ0) is 13.6. The minimum Gasteiger partial charge on any atom is -0.381 e. The Hall–Kier alpha value is -2.44. The molecule has 0 aliphatic heterocycles. The van der Waals surface area contributed by atoms with Crippen molar-refractivity contribution in [2.75, 3.05) is 5.73 Å². The van der Waals surface area contributed by atoms with Gasteiger partial charge in [0.15, 0.2) is 5.82 Å². The second-order valence-corrected chi connectivity index (χ2v) is 4.80. The largest absolute Gasteiger partial charge is 0.381 e. The number of aromatic nitrogens is 3. The summed E-state index contributed by atoms with van der Waals surface area (Å²) < 4.78 is 1.51. The Morgan fingerprint density at radius 1 is 1.47 bits per heavy atom. The molecule has 19 heavy (non-hydrogen) atoms. The molecule has 1 aliphatic carbocycles. The van der Waals surface area contributed by atoms with E-state index in [-0.39, 0.29) is 5.69 Å². The second-order valence-electron chi connectivity index (χ2n) is 4.80.